The smallest absolute Gasteiger partial charge is 0.140 e. The Balaban J connectivity index is 2.00. The fourth-order valence-electron chi connectivity index (χ4n) is 5.20. The van der Waals surface area contributed by atoms with Gasteiger partial charge in [0.15, 0.2) is 0 Å². The predicted molar refractivity (Wildman–Crippen MR) is 71.0 cm³/mol. The number of carbonyl (C=O) groups excluding carboxylic acids is 1. The van der Waals surface area contributed by atoms with Crippen LogP contribution in [-0.4, -0.2) is 17.0 Å². The number of hydrogen-bond acceptors (Lipinski definition) is 2. The van der Waals surface area contributed by atoms with E-state index < -0.39 is 0 Å². The molecule has 2 bridgehead atoms. The van der Waals surface area contributed by atoms with Crippen molar-refractivity contribution in [3.8, 4) is 0 Å². The molecule has 18 heavy (non-hydrogen) atoms. The molecule has 5 unspecified atom stereocenters. The van der Waals surface area contributed by atoms with E-state index in [1.807, 2.05) is 0 Å². The summed E-state index contributed by atoms with van der Waals surface area (Å²) in [6, 6.07) is 0. The first-order chi connectivity index (χ1) is 8.63. The molecule has 100 valence electrons. The first kappa shape index (κ1) is 12.4. The average Bonchev–Trinajstić information content (AvgIpc) is 2.77. The summed E-state index contributed by atoms with van der Waals surface area (Å²) in [5.74, 6) is 1.50. The second-order valence-electron chi connectivity index (χ2n) is 6.52. The van der Waals surface area contributed by atoms with Gasteiger partial charge in [-0.2, -0.15) is 0 Å². The molecule has 3 saturated carbocycles. The maximum absolute atomic E-state index is 12.6. The summed E-state index contributed by atoms with van der Waals surface area (Å²) in [6.07, 6.45) is 6.63. The molecule has 1 spiro atoms. The van der Waals surface area contributed by atoms with Gasteiger partial charge in [-0.1, -0.05) is 31.9 Å². The Hall–Kier alpha value is -0.630. The van der Waals surface area contributed by atoms with E-state index in [2.05, 4.69) is 13.5 Å². The highest BCUT2D eigenvalue weighted by atomic mass is 16.3. The third-order valence-electron chi connectivity index (χ3n) is 5.89. The van der Waals surface area contributed by atoms with Gasteiger partial charge in [-0.05, 0) is 37.5 Å². The maximum Gasteiger partial charge on any atom is 0.140 e. The normalized spacial score (nSPS) is 46.6. The zero-order chi connectivity index (χ0) is 12.9. The van der Waals surface area contributed by atoms with Crippen molar-refractivity contribution in [2.45, 2.75) is 58.0 Å². The standard InChI is InChI=1S/C16H24O2/c1-3-4-5-12-11-6-7-14(18)16(12)9-8-13(17)15(16)10(11)2/h11-13,15,17H,2-9H2,1H3. The molecule has 5 atom stereocenters. The molecule has 0 saturated heterocycles. The predicted octanol–water partition coefficient (Wildman–Crippen LogP) is 3.10. The number of aliphatic hydroxyl groups excluding tert-OH is 1. The summed E-state index contributed by atoms with van der Waals surface area (Å²) in [5, 5.41) is 10.3. The highest BCUT2D eigenvalue weighted by Crippen LogP contribution is 2.67. The van der Waals surface area contributed by atoms with Crippen molar-refractivity contribution in [3.05, 3.63) is 12.2 Å². The summed E-state index contributed by atoms with van der Waals surface area (Å²) in [7, 11) is 0. The van der Waals surface area contributed by atoms with E-state index in [1.165, 1.54) is 18.4 Å². The topological polar surface area (TPSA) is 37.3 Å². The number of carbonyl (C=O) groups is 1. The summed E-state index contributed by atoms with van der Waals surface area (Å²) >= 11 is 0. The van der Waals surface area contributed by atoms with Crippen molar-refractivity contribution in [3.63, 3.8) is 0 Å². The van der Waals surface area contributed by atoms with Gasteiger partial charge < -0.3 is 5.11 Å². The van der Waals surface area contributed by atoms with Crippen molar-refractivity contribution in [1.82, 2.24) is 0 Å². The van der Waals surface area contributed by atoms with Crippen molar-refractivity contribution in [2.24, 2.45) is 23.2 Å². The van der Waals surface area contributed by atoms with Crippen molar-refractivity contribution in [1.29, 1.82) is 0 Å². The Morgan fingerprint density at radius 3 is 2.94 bits per heavy atom. The van der Waals surface area contributed by atoms with Crippen molar-refractivity contribution < 1.29 is 9.90 Å². The number of aliphatic hydroxyl groups is 1. The molecule has 0 radical (unpaired) electrons. The van der Waals surface area contributed by atoms with Crippen LogP contribution in [0.5, 0.6) is 0 Å². The quantitative estimate of drug-likeness (QED) is 0.779. The minimum Gasteiger partial charge on any atom is -0.392 e. The monoisotopic (exact) mass is 248 g/mol. The summed E-state index contributed by atoms with van der Waals surface area (Å²) in [4.78, 5) is 12.6. The van der Waals surface area contributed by atoms with E-state index >= 15 is 0 Å². The first-order valence-electron chi connectivity index (χ1n) is 7.53. The van der Waals surface area contributed by atoms with Gasteiger partial charge in [0, 0.05) is 17.8 Å². The van der Waals surface area contributed by atoms with Gasteiger partial charge in [0.1, 0.15) is 5.78 Å². The summed E-state index contributed by atoms with van der Waals surface area (Å²) < 4.78 is 0. The molecule has 2 nitrogen and oxygen atoms in total. The molecule has 3 rings (SSSR count). The third kappa shape index (κ3) is 1.36. The number of unbranched alkanes of at least 4 members (excludes halogenated alkanes) is 1. The Kier molecular flexibility index (Phi) is 2.89. The fourth-order valence-corrected chi connectivity index (χ4v) is 5.20. The molecular weight excluding hydrogens is 224 g/mol. The average molecular weight is 248 g/mol. The number of fused-ring (bicyclic) bond motifs is 1. The highest BCUT2D eigenvalue weighted by molar-refractivity contribution is 5.88. The number of ketones is 1. The van der Waals surface area contributed by atoms with Crippen LogP contribution in [0.25, 0.3) is 0 Å². The van der Waals surface area contributed by atoms with E-state index in [4.69, 9.17) is 0 Å². The second kappa shape index (κ2) is 4.19. The lowest BCUT2D eigenvalue weighted by atomic mass is 9.63. The van der Waals surface area contributed by atoms with E-state index in [1.54, 1.807) is 0 Å². The molecule has 3 fully saturated rings. The van der Waals surface area contributed by atoms with Gasteiger partial charge in [-0.25, -0.2) is 0 Å². The second-order valence-corrected chi connectivity index (χ2v) is 6.52. The van der Waals surface area contributed by atoms with Crippen LogP contribution in [0, 0.1) is 23.2 Å². The van der Waals surface area contributed by atoms with E-state index in [9.17, 15) is 9.90 Å². The lowest BCUT2D eigenvalue weighted by Crippen LogP contribution is -2.42. The maximum atomic E-state index is 12.6. The molecule has 0 aromatic carbocycles. The lowest BCUT2D eigenvalue weighted by Gasteiger charge is -2.39. The van der Waals surface area contributed by atoms with Crippen LogP contribution in [0.4, 0.5) is 0 Å². The van der Waals surface area contributed by atoms with Gasteiger partial charge in [-0.15, -0.1) is 0 Å². The molecule has 0 amide bonds. The lowest BCUT2D eigenvalue weighted by molar-refractivity contribution is -0.136. The van der Waals surface area contributed by atoms with Crippen LogP contribution >= 0.6 is 0 Å². The summed E-state index contributed by atoms with van der Waals surface area (Å²) in [6.45, 7) is 6.47. The van der Waals surface area contributed by atoms with Crippen LogP contribution in [0.1, 0.15) is 51.9 Å². The van der Waals surface area contributed by atoms with Crippen LogP contribution in [0.2, 0.25) is 0 Å². The van der Waals surface area contributed by atoms with Crippen LogP contribution in [0.15, 0.2) is 12.2 Å². The van der Waals surface area contributed by atoms with E-state index in [-0.39, 0.29) is 17.4 Å². The molecule has 0 heterocycles. The van der Waals surface area contributed by atoms with E-state index in [0.717, 1.165) is 32.1 Å². The molecule has 0 aromatic rings. The van der Waals surface area contributed by atoms with Crippen molar-refractivity contribution in [2.75, 3.05) is 0 Å². The Morgan fingerprint density at radius 1 is 1.44 bits per heavy atom. The number of Topliss-reactive ketones (excluding diaryl/α,β-unsaturated/α-hetero) is 1. The van der Waals surface area contributed by atoms with Crippen LogP contribution in [-0.2, 0) is 4.79 Å². The fraction of sp³-hybridized carbons (Fsp3) is 0.812. The molecule has 0 aromatic heterocycles. The van der Waals surface area contributed by atoms with Crippen molar-refractivity contribution >= 4 is 5.78 Å². The van der Waals surface area contributed by atoms with Gasteiger partial charge in [-0.3, -0.25) is 4.79 Å². The van der Waals surface area contributed by atoms with Gasteiger partial charge in [0.2, 0.25) is 0 Å². The Labute approximate surface area is 109 Å². The van der Waals surface area contributed by atoms with Crippen LogP contribution in [0.3, 0.4) is 0 Å². The number of rotatable bonds is 3. The van der Waals surface area contributed by atoms with Gasteiger partial charge in [0.05, 0.1) is 6.10 Å². The number of hydrogen-bond donors (Lipinski definition) is 1. The SMILES string of the molecule is C=C1C2CCC(=O)C3(CCC(O)C13)C2CCCC. The molecule has 3 aliphatic carbocycles. The first-order valence-corrected chi connectivity index (χ1v) is 7.53. The minimum absolute atomic E-state index is 0.0827. The van der Waals surface area contributed by atoms with E-state index in [0.29, 0.717) is 17.6 Å². The highest BCUT2D eigenvalue weighted by Gasteiger charge is 2.66. The van der Waals surface area contributed by atoms with Crippen LogP contribution < -0.4 is 0 Å². The molecule has 1 N–H and O–H groups in total. The minimum atomic E-state index is -0.311. The third-order valence-corrected chi connectivity index (χ3v) is 5.89. The van der Waals surface area contributed by atoms with Gasteiger partial charge >= 0.3 is 0 Å². The molecular formula is C16H24O2. The zero-order valence-corrected chi connectivity index (χ0v) is 11.3. The largest absolute Gasteiger partial charge is 0.392 e. The molecule has 0 aliphatic heterocycles. The molecule has 2 heteroatoms. The zero-order valence-electron chi connectivity index (χ0n) is 11.3. The van der Waals surface area contributed by atoms with Gasteiger partial charge in [0.25, 0.3) is 0 Å². The Morgan fingerprint density at radius 2 is 2.22 bits per heavy atom. The Bertz CT molecular complexity index is 387. The summed E-state index contributed by atoms with van der Waals surface area (Å²) in [5.41, 5.74) is 0.987. The molecule has 3 aliphatic rings.